The van der Waals surface area contributed by atoms with Crippen molar-refractivity contribution in [2.24, 2.45) is 4.99 Å². The van der Waals surface area contributed by atoms with Gasteiger partial charge in [0.05, 0.1) is 25.2 Å². The molecule has 1 aliphatic rings. The molecule has 1 atom stereocenters. The third-order valence-corrected chi connectivity index (χ3v) is 4.54. The van der Waals surface area contributed by atoms with Crippen LogP contribution in [0.1, 0.15) is 48.2 Å². The fourth-order valence-electron chi connectivity index (χ4n) is 3.24. The minimum absolute atomic E-state index is 0.0440. The Kier molecular flexibility index (Phi) is 6.35. The third-order valence-electron chi connectivity index (χ3n) is 4.54. The second kappa shape index (κ2) is 9.12. The summed E-state index contributed by atoms with van der Waals surface area (Å²) in [5.74, 6) is 0.0619. The summed E-state index contributed by atoms with van der Waals surface area (Å²) in [5.41, 5.74) is 1.54. The highest BCUT2D eigenvalue weighted by atomic mass is 16.5. The molecule has 0 bridgehead atoms. The normalized spacial score (nSPS) is 14.2. The van der Waals surface area contributed by atoms with Crippen molar-refractivity contribution in [3.8, 4) is 0 Å². The predicted molar refractivity (Wildman–Crippen MR) is 103 cm³/mol. The van der Waals surface area contributed by atoms with Crippen molar-refractivity contribution in [3.63, 3.8) is 0 Å². The Morgan fingerprint density at radius 1 is 1.30 bits per heavy atom. The maximum atomic E-state index is 12.3. The number of nitrogens with one attached hydrogen (secondary N) is 1. The van der Waals surface area contributed by atoms with Crippen molar-refractivity contribution in [1.29, 1.82) is 0 Å². The van der Waals surface area contributed by atoms with Crippen LogP contribution >= 0.6 is 0 Å². The lowest BCUT2D eigenvalue weighted by molar-refractivity contribution is -0.145. The Balaban J connectivity index is 1.59. The van der Waals surface area contributed by atoms with E-state index in [1.165, 1.54) is 6.34 Å². The Labute approximate surface area is 158 Å². The molecule has 1 aromatic carbocycles. The molecule has 1 aliphatic heterocycles. The molecule has 27 heavy (non-hydrogen) atoms. The van der Waals surface area contributed by atoms with E-state index in [4.69, 9.17) is 4.74 Å². The standard InChI is InChI=1S/C20H24N4O3/c1-2-27-20(26)16(15-8-4-3-5-9-15)10-6-7-11-24-14-23-19-18(24)17(25)12-21-13-22-19/h3-5,8-9,13-14,16H,2,6-7,10-12H2,1H3,(H,21,22). The lowest BCUT2D eigenvalue weighted by Crippen LogP contribution is -2.16. The van der Waals surface area contributed by atoms with Gasteiger partial charge >= 0.3 is 5.97 Å². The molecule has 3 rings (SSSR count). The number of aryl methyl sites for hydroxylation is 1. The maximum absolute atomic E-state index is 12.3. The first-order valence-electron chi connectivity index (χ1n) is 9.25. The lowest BCUT2D eigenvalue weighted by Gasteiger charge is -2.16. The molecule has 2 aromatic rings. The highest BCUT2D eigenvalue weighted by Gasteiger charge is 2.22. The number of anilines is 1. The number of hydrogen-bond acceptors (Lipinski definition) is 6. The number of fused-ring (bicyclic) bond motifs is 1. The number of Topliss-reactive ketones (excluding diaryl/α,β-unsaturated/α-hetero) is 1. The third kappa shape index (κ3) is 4.61. The summed E-state index contributed by atoms with van der Waals surface area (Å²) in [4.78, 5) is 32.8. The number of unbranched alkanes of at least 4 members (excludes halogenated alkanes) is 1. The first-order valence-corrected chi connectivity index (χ1v) is 9.25. The zero-order chi connectivity index (χ0) is 19.1. The molecule has 1 unspecified atom stereocenters. The molecule has 0 aliphatic carbocycles. The minimum atomic E-state index is -0.261. The molecule has 1 aromatic heterocycles. The second-order valence-corrected chi connectivity index (χ2v) is 6.38. The van der Waals surface area contributed by atoms with Crippen LogP contribution in [0.2, 0.25) is 0 Å². The number of ether oxygens (including phenoxy) is 1. The summed E-state index contributed by atoms with van der Waals surface area (Å²) in [6, 6.07) is 9.72. The molecule has 0 amide bonds. The molecule has 7 nitrogen and oxygen atoms in total. The van der Waals surface area contributed by atoms with E-state index in [-0.39, 0.29) is 24.2 Å². The summed E-state index contributed by atoms with van der Waals surface area (Å²) in [6.07, 6.45) is 5.55. The van der Waals surface area contributed by atoms with E-state index < -0.39 is 0 Å². The number of ketones is 1. The lowest BCUT2D eigenvalue weighted by atomic mass is 9.93. The molecule has 0 fully saturated rings. The minimum Gasteiger partial charge on any atom is -0.466 e. The topological polar surface area (TPSA) is 85.6 Å². The summed E-state index contributed by atoms with van der Waals surface area (Å²) < 4.78 is 7.11. The average Bonchev–Trinajstić information content (AvgIpc) is 2.99. The number of rotatable bonds is 8. The van der Waals surface area contributed by atoms with Gasteiger partial charge in [0.15, 0.2) is 5.82 Å². The van der Waals surface area contributed by atoms with Crippen molar-refractivity contribution >= 4 is 23.9 Å². The van der Waals surface area contributed by atoms with Crippen molar-refractivity contribution < 1.29 is 14.3 Å². The van der Waals surface area contributed by atoms with Crippen molar-refractivity contribution in [1.82, 2.24) is 9.55 Å². The van der Waals surface area contributed by atoms with Crippen LogP contribution in [-0.2, 0) is 16.1 Å². The summed E-state index contributed by atoms with van der Waals surface area (Å²) in [7, 11) is 0. The summed E-state index contributed by atoms with van der Waals surface area (Å²) in [6.45, 7) is 2.99. The number of hydrogen-bond donors (Lipinski definition) is 1. The van der Waals surface area contributed by atoms with E-state index in [1.54, 1.807) is 6.33 Å². The first-order chi connectivity index (χ1) is 13.2. The first kappa shape index (κ1) is 18.8. The largest absolute Gasteiger partial charge is 0.466 e. The maximum Gasteiger partial charge on any atom is 0.313 e. The monoisotopic (exact) mass is 368 g/mol. The zero-order valence-electron chi connectivity index (χ0n) is 15.4. The number of aliphatic imine (C=N–C) groups is 1. The van der Waals surface area contributed by atoms with E-state index in [2.05, 4.69) is 15.3 Å². The molecule has 0 saturated carbocycles. The zero-order valence-corrected chi connectivity index (χ0v) is 15.4. The molecule has 142 valence electrons. The molecule has 1 N–H and O–H groups in total. The van der Waals surface area contributed by atoms with Crippen molar-refractivity contribution in [3.05, 3.63) is 47.9 Å². The van der Waals surface area contributed by atoms with Crippen LogP contribution < -0.4 is 5.32 Å². The van der Waals surface area contributed by atoms with E-state index in [9.17, 15) is 9.59 Å². The van der Waals surface area contributed by atoms with E-state index in [0.29, 0.717) is 31.1 Å². The quantitative estimate of drug-likeness (QED) is 0.572. The average molecular weight is 368 g/mol. The highest BCUT2D eigenvalue weighted by molar-refractivity contribution is 6.04. The Hall–Kier alpha value is -2.96. The van der Waals surface area contributed by atoms with Crippen LogP contribution in [-0.4, -0.2) is 40.8 Å². The number of carbonyl (C=O) groups excluding carboxylic acids is 2. The highest BCUT2D eigenvalue weighted by Crippen LogP contribution is 2.24. The number of benzene rings is 1. The molecule has 0 spiro atoms. The van der Waals surface area contributed by atoms with Gasteiger partial charge in [-0.3, -0.25) is 14.6 Å². The Morgan fingerprint density at radius 2 is 2.11 bits per heavy atom. The van der Waals surface area contributed by atoms with Gasteiger partial charge in [0.2, 0.25) is 5.78 Å². The van der Waals surface area contributed by atoms with Crippen LogP contribution in [0.25, 0.3) is 0 Å². The molecule has 7 heteroatoms. The number of esters is 1. The Bertz CT molecular complexity index is 814. The van der Waals surface area contributed by atoms with Gasteiger partial charge in [-0.1, -0.05) is 36.8 Å². The molecule has 0 radical (unpaired) electrons. The van der Waals surface area contributed by atoms with Gasteiger partial charge in [-0.25, -0.2) is 4.98 Å². The van der Waals surface area contributed by atoms with Crippen molar-refractivity contribution in [2.45, 2.75) is 38.6 Å². The SMILES string of the molecule is CCOC(=O)C(CCCCn1cnc2c1C(=O)CN=CN2)c1ccccc1. The van der Waals surface area contributed by atoms with E-state index >= 15 is 0 Å². The van der Waals surface area contributed by atoms with Crippen LogP contribution in [0.3, 0.4) is 0 Å². The van der Waals surface area contributed by atoms with Gasteiger partial charge in [-0.15, -0.1) is 0 Å². The van der Waals surface area contributed by atoms with Crippen molar-refractivity contribution in [2.75, 3.05) is 18.5 Å². The van der Waals surface area contributed by atoms with Gasteiger partial charge < -0.3 is 14.6 Å². The van der Waals surface area contributed by atoms with Gasteiger partial charge in [0.25, 0.3) is 0 Å². The fraction of sp³-hybridized carbons (Fsp3) is 0.400. The molecule has 0 saturated heterocycles. The van der Waals surface area contributed by atoms with Gasteiger partial charge in [-0.05, 0) is 25.3 Å². The number of nitrogens with zero attached hydrogens (tertiary/aromatic N) is 3. The summed E-state index contributed by atoms with van der Waals surface area (Å²) in [5, 5.41) is 2.93. The summed E-state index contributed by atoms with van der Waals surface area (Å²) >= 11 is 0. The molecular formula is C20H24N4O3. The number of imidazole rings is 1. The number of carbonyl (C=O) groups is 2. The van der Waals surface area contributed by atoms with E-state index in [0.717, 1.165) is 18.4 Å². The predicted octanol–water partition coefficient (Wildman–Crippen LogP) is 3.04. The van der Waals surface area contributed by atoms with Gasteiger partial charge in [0.1, 0.15) is 12.2 Å². The van der Waals surface area contributed by atoms with E-state index in [1.807, 2.05) is 41.8 Å². The Morgan fingerprint density at radius 3 is 2.89 bits per heavy atom. The second-order valence-electron chi connectivity index (χ2n) is 6.38. The smallest absolute Gasteiger partial charge is 0.313 e. The van der Waals surface area contributed by atoms with Crippen LogP contribution in [0.15, 0.2) is 41.7 Å². The molecular weight excluding hydrogens is 344 g/mol. The fourth-order valence-corrected chi connectivity index (χ4v) is 3.24. The number of aromatic nitrogens is 2. The van der Waals surface area contributed by atoms with Gasteiger partial charge in [-0.2, -0.15) is 0 Å². The molecule has 2 heterocycles. The van der Waals surface area contributed by atoms with Crippen LogP contribution in [0.4, 0.5) is 5.82 Å². The van der Waals surface area contributed by atoms with Crippen LogP contribution in [0.5, 0.6) is 0 Å². The van der Waals surface area contributed by atoms with Crippen LogP contribution in [0, 0.1) is 0 Å². The van der Waals surface area contributed by atoms with Gasteiger partial charge in [0, 0.05) is 6.54 Å².